The van der Waals surface area contributed by atoms with Crippen molar-refractivity contribution in [3.05, 3.63) is 12.1 Å². The Labute approximate surface area is 121 Å². The van der Waals surface area contributed by atoms with Crippen LogP contribution in [0.15, 0.2) is 17.0 Å². The van der Waals surface area contributed by atoms with Crippen molar-refractivity contribution in [2.24, 2.45) is 0 Å². The summed E-state index contributed by atoms with van der Waals surface area (Å²) in [5, 5.41) is 12.2. The number of aromatic amines is 1. The molecule has 0 aliphatic heterocycles. The zero-order valence-electron chi connectivity index (χ0n) is 11.5. The Morgan fingerprint density at radius 1 is 1.48 bits per heavy atom. The third kappa shape index (κ3) is 3.07. The van der Waals surface area contributed by atoms with Gasteiger partial charge in [-0.2, -0.15) is 0 Å². The highest BCUT2D eigenvalue weighted by Gasteiger charge is 2.20. The number of phenolic OH excluding ortho intramolecular Hbond substituents is 1. The first kappa shape index (κ1) is 15.1. The number of nitrogens with one attached hydrogen (secondary N) is 2. The van der Waals surface area contributed by atoms with Crippen molar-refractivity contribution in [3.8, 4) is 5.75 Å². The predicted molar refractivity (Wildman–Crippen MR) is 76.1 cm³/mol. The van der Waals surface area contributed by atoms with Gasteiger partial charge in [-0.15, -0.1) is 0 Å². The van der Waals surface area contributed by atoms with Crippen LogP contribution in [0.5, 0.6) is 5.75 Å². The van der Waals surface area contributed by atoms with Crippen LogP contribution in [0.4, 0.5) is 10.7 Å². The molecular weight excluding hydrogens is 298 g/mol. The van der Waals surface area contributed by atoms with Crippen LogP contribution < -0.4 is 5.32 Å². The summed E-state index contributed by atoms with van der Waals surface area (Å²) in [6.07, 6.45) is -0.269. The van der Waals surface area contributed by atoms with Crippen molar-refractivity contribution in [1.82, 2.24) is 9.97 Å². The normalized spacial score (nSPS) is 11.5. The van der Waals surface area contributed by atoms with Gasteiger partial charge in [0.05, 0.1) is 23.9 Å². The number of rotatable bonds is 4. The molecule has 0 fully saturated rings. The summed E-state index contributed by atoms with van der Waals surface area (Å²) in [7, 11) is -2.35. The minimum Gasteiger partial charge on any atom is -0.507 e. The maximum Gasteiger partial charge on any atom is 0.413 e. The van der Waals surface area contributed by atoms with E-state index >= 15 is 0 Å². The molecule has 1 heterocycles. The monoisotopic (exact) mass is 313 g/mol. The Morgan fingerprint density at radius 2 is 2.19 bits per heavy atom. The average molecular weight is 313 g/mol. The van der Waals surface area contributed by atoms with Gasteiger partial charge >= 0.3 is 6.09 Å². The molecule has 1 aromatic heterocycles. The SMILES string of the molecule is CCCS(=O)(=O)c1cc2[nH]c(NC(=O)OC)nc2cc1O. The maximum absolute atomic E-state index is 12.0. The molecule has 0 saturated carbocycles. The van der Waals surface area contributed by atoms with E-state index in [4.69, 9.17) is 0 Å². The van der Waals surface area contributed by atoms with Crippen LogP contribution in [-0.2, 0) is 14.6 Å². The fraction of sp³-hybridized carbons (Fsp3) is 0.333. The third-order valence-electron chi connectivity index (χ3n) is 2.78. The zero-order chi connectivity index (χ0) is 15.6. The molecular formula is C12H15N3O5S. The van der Waals surface area contributed by atoms with Crippen LogP contribution in [-0.4, -0.2) is 42.4 Å². The van der Waals surface area contributed by atoms with Crippen molar-refractivity contribution in [2.45, 2.75) is 18.2 Å². The van der Waals surface area contributed by atoms with Gasteiger partial charge in [0.2, 0.25) is 5.95 Å². The second kappa shape index (κ2) is 5.60. The number of benzene rings is 1. The number of hydrogen-bond acceptors (Lipinski definition) is 6. The van der Waals surface area contributed by atoms with Crippen LogP contribution in [0.3, 0.4) is 0 Å². The second-order valence-corrected chi connectivity index (χ2v) is 6.44. The molecule has 8 nitrogen and oxygen atoms in total. The van der Waals surface area contributed by atoms with Gasteiger partial charge in [0.15, 0.2) is 9.84 Å². The van der Waals surface area contributed by atoms with Gasteiger partial charge in [-0.3, -0.25) is 5.32 Å². The fourth-order valence-electron chi connectivity index (χ4n) is 1.86. The summed E-state index contributed by atoms with van der Waals surface area (Å²) >= 11 is 0. The number of fused-ring (bicyclic) bond motifs is 1. The van der Waals surface area contributed by atoms with Gasteiger partial charge in [0, 0.05) is 6.07 Å². The summed E-state index contributed by atoms with van der Waals surface area (Å²) in [4.78, 5) is 17.7. The quantitative estimate of drug-likeness (QED) is 0.788. The van der Waals surface area contributed by atoms with E-state index < -0.39 is 15.9 Å². The Hall–Kier alpha value is -2.29. The molecule has 0 aliphatic carbocycles. The Bertz CT molecular complexity index is 782. The largest absolute Gasteiger partial charge is 0.507 e. The van der Waals surface area contributed by atoms with Gasteiger partial charge < -0.3 is 14.8 Å². The molecule has 114 valence electrons. The molecule has 0 aliphatic rings. The molecule has 9 heteroatoms. The number of amides is 1. The van der Waals surface area contributed by atoms with E-state index in [1.165, 1.54) is 19.2 Å². The topological polar surface area (TPSA) is 121 Å². The summed E-state index contributed by atoms with van der Waals surface area (Å²) in [5.41, 5.74) is 0.711. The first-order chi connectivity index (χ1) is 9.87. The lowest BCUT2D eigenvalue weighted by Crippen LogP contribution is -2.11. The number of phenols is 1. The Balaban J connectivity index is 2.48. The lowest BCUT2D eigenvalue weighted by atomic mass is 10.3. The number of anilines is 1. The molecule has 0 saturated heterocycles. The minimum atomic E-state index is -3.56. The highest BCUT2D eigenvalue weighted by atomic mass is 32.2. The fourth-order valence-corrected chi connectivity index (χ4v) is 3.29. The second-order valence-electron chi connectivity index (χ2n) is 4.36. The molecule has 0 unspecified atom stereocenters. The van der Waals surface area contributed by atoms with Crippen LogP contribution in [0.2, 0.25) is 0 Å². The highest BCUT2D eigenvalue weighted by molar-refractivity contribution is 7.91. The van der Waals surface area contributed by atoms with Crippen molar-refractivity contribution in [1.29, 1.82) is 0 Å². The predicted octanol–water partition coefficient (Wildman–Crippen LogP) is 1.63. The molecule has 21 heavy (non-hydrogen) atoms. The number of methoxy groups -OCH3 is 1. The first-order valence-corrected chi connectivity index (χ1v) is 7.83. The smallest absolute Gasteiger partial charge is 0.413 e. The number of hydrogen-bond donors (Lipinski definition) is 3. The molecule has 0 spiro atoms. The van der Waals surface area contributed by atoms with Gasteiger partial charge in [-0.05, 0) is 12.5 Å². The number of imidazole rings is 1. The van der Waals surface area contributed by atoms with E-state index in [0.29, 0.717) is 17.5 Å². The highest BCUT2D eigenvalue weighted by Crippen LogP contribution is 2.29. The van der Waals surface area contributed by atoms with Crippen LogP contribution in [0.25, 0.3) is 11.0 Å². The van der Waals surface area contributed by atoms with Crippen molar-refractivity contribution in [3.63, 3.8) is 0 Å². The van der Waals surface area contributed by atoms with Gasteiger partial charge in [-0.25, -0.2) is 18.2 Å². The van der Waals surface area contributed by atoms with Gasteiger partial charge in [-0.1, -0.05) is 6.92 Å². The summed E-state index contributed by atoms with van der Waals surface area (Å²) in [6.45, 7) is 1.74. The van der Waals surface area contributed by atoms with Gasteiger partial charge in [0.1, 0.15) is 10.6 Å². The Morgan fingerprint density at radius 3 is 2.81 bits per heavy atom. The van der Waals surface area contributed by atoms with E-state index in [-0.39, 0.29) is 22.3 Å². The van der Waals surface area contributed by atoms with E-state index in [1.54, 1.807) is 6.92 Å². The number of H-pyrrole nitrogens is 1. The molecule has 1 aromatic carbocycles. The number of nitrogens with zero attached hydrogens (tertiary/aromatic N) is 1. The first-order valence-electron chi connectivity index (χ1n) is 6.18. The summed E-state index contributed by atoms with van der Waals surface area (Å²) in [5.74, 6) is -0.332. The van der Waals surface area contributed by atoms with Crippen LogP contribution >= 0.6 is 0 Å². The molecule has 0 bridgehead atoms. The number of aromatic hydroxyl groups is 1. The molecule has 0 atom stereocenters. The Kier molecular flexibility index (Phi) is 4.03. The van der Waals surface area contributed by atoms with Crippen molar-refractivity contribution in [2.75, 3.05) is 18.2 Å². The number of ether oxygens (including phenoxy) is 1. The lowest BCUT2D eigenvalue weighted by molar-refractivity contribution is 0.186. The van der Waals surface area contributed by atoms with E-state index in [0.717, 1.165) is 0 Å². The number of carbonyl (C=O) groups is 1. The third-order valence-corrected chi connectivity index (χ3v) is 4.72. The molecule has 0 radical (unpaired) electrons. The van der Waals surface area contributed by atoms with Gasteiger partial charge in [0.25, 0.3) is 0 Å². The molecule has 1 amide bonds. The summed E-state index contributed by atoms with van der Waals surface area (Å²) < 4.78 is 28.5. The minimum absolute atomic E-state index is 0.0620. The number of carbonyl (C=O) groups excluding carboxylic acids is 1. The van der Waals surface area contributed by atoms with Crippen LogP contribution in [0, 0.1) is 0 Å². The molecule has 3 N–H and O–H groups in total. The lowest BCUT2D eigenvalue weighted by Gasteiger charge is -2.05. The van der Waals surface area contributed by atoms with E-state index in [9.17, 15) is 18.3 Å². The number of sulfone groups is 1. The van der Waals surface area contributed by atoms with Crippen molar-refractivity contribution >= 4 is 32.9 Å². The maximum atomic E-state index is 12.0. The molecule has 2 rings (SSSR count). The zero-order valence-corrected chi connectivity index (χ0v) is 12.3. The average Bonchev–Trinajstić information content (AvgIpc) is 2.78. The summed E-state index contributed by atoms with van der Waals surface area (Å²) in [6, 6.07) is 2.53. The van der Waals surface area contributed by atoms with Crippen molar-refractivity contribution < 1.29 is 23.1 Å². The number of aromatic nitrogens is 2. The standard InChI is InChI=1S/C12H15N3O5S/c1-3-4-21(18,19)10-6-8-7(5-9(10)16)13-11(14-8)15-12(17)20-2/h5-6,16H,3-4H2,1-2H3,(H2,13,14,15,17). The van der Waals surface area contributed by atoms with Crippen LogP contribution in [0.1, 0.15) is 13.3 Å². The van der Waals surface area contributed by atoms with E-state index in [2.05, 4.69) is 20.0 Å². The molecule has 2 aromatic rings. The van der Waals surface area contributed by atoms with E-state index in [1.807, 2.05) is 0 Å².